The summed E-state index contributed by atoms with van der Waals surface area (Å²) in [5, 5.41) is 7.84. The van der Waals surface area contributed by atoms with Crippen molar-refractivity contribution in [1.82, 2.24) is 15.1 Å². The average Bonchev–Trinajstić information content (AvgIpc) is 2.58. The Labute approximate surface area is 147 Å². The van der Waals surface area contributed by atoms with E-state index < -0.39 is 5.60 Å². The van der Waals surface area contributed by atoms with Crippen LogP contribution in [0.1, 0.15) is 37.6 Å². The maximum atomic E-state index is 12.3. The maximum absolute atomic E-state index is 12.3. The van der Waals surface area contributed by atoms with Crippen LogP contribution in [0.25, 0.3) is 0 Å². The van der Waals surface area contributed by atoms with Gasteiger partial charge in [0.1, 0.15) is 23.7 Å². The summed E-state index contributed by atoms with van der Waals surface area (Å²) in [5.74, 6) is 0.760. The second-order valence-corrected chi connectivity index (χ2v) is 7.09. The zero-order valence-electron chi connectivity index (χ0n) is 14.9. The Balaban J connectivity index is 1.66. The number of carbonyl (C=O) groups is 1. The summed E-state index contributed by atoms with van der Waals surface area (Å²) in [5.41, 5.74) is 2.62. The summed E-state index contributed by atoms with van der Waals surface area (Å²) in [6.07, 6.45) is 2.18. The molecule has 2 aromatic rings. The Morgan fingerprint density at radius 1 is 1.24 bits per heavy atom. The molecule has 1 aromatic carbocycles. The standard InChI is InChI=1S/C19H23N3O3/c1-19(2,3)25-18(23)22-10-8-14-6-7-17(11-15(14)12-22)24-13-16-5-4-9-20-21-16/h4-7,9,11H,8,10,12-13H2,1-3H3. The molecule has 1 aliphatic heterocycles. The number of ether oxygens (including phenoxy) is 2. The van der Waals surface area contributed by atoms with Crippen LogP contribution in [0, 0.1) is 0 Å². The lowest BCUT2D eigenvalue weighted by Crippen LogP contribution is -2.39. The summed E-state index contributed by atoms with van der Waals surface area (Å²) >= 11 is 0. The fourth-order valence-electron chi connectivity index (χ4n) is 2.67. The van der Waals surface area contributed by atoms with Crippen LogP contribution in [-0.4, -0.2) is 33.3 Å². The summed E-state index contributed by atoms with van der Waals surface area (Å²) in [7, 11) is 0. The first kappa shape index (κ1) is 17.2. The number of nitrogens with zero attached hydrogens (tertiary/aromatic N) is 3. The van der Waals surface area contributed by atoms with Gasteiger partial charge in [-0.15, -0.1) is 0 Å². The Morgan fingerprint density at radius 2 is 2.08 bits per heavy atom. The number of hydrogen-bond donors (Lipinski definition) is 0. The number of hydrogen-bond acceptors (Lipinski definition) is 5. The van der Waals surface area contributed by atoms with E-state index in [-0.39, 0.29) is 6.09 Å². The van der Waals surface area contributed by atoms with E-state index in [2.05, 4.69) is 16.3 Å². The molecule has 132 valence electrons. The molecule has 6 nitrogen and oxygen atoms in total. The molecule has 1 aromatic heterocycles. The third-order valence-corrected chi connectivity index (χ3v) is 3.86. The lowest BCUT2D eigenvalue weighted by Gasteiger charge is -2.31. The maximum Gasteiger partial charge on any atom is 0.410 e. The number of carbonyl (C=O) groups excluding carboxylic acids is 1. The topological polar surface area (TPSA) is 64.5 Å². The smallest absolute Gasteiger partial charge is 0.410 e. The second-order valence-electron chi connectivity index (χ2n) is 7.09. The van der Waals surface area contributed by atoms with Crippen LogP contribution in [0.5, 0.6) is 5.75 Å². The SMILES string of the molecule is CC(C)(C)OC(=O)N1CCc2ccc(OCc3cccnn3)cc2C1. The highest BCUT2D eigenvalue weighted by Crippen LogP contribution is 2.25. The molecule has 0 bridgehead atoms. The number of benzene rings is 1. The van der Waals surface area contributed by atoms with Crippen molar-refractivity contribution in [3.05, 3.63) is 53.3 Å². The van der Waals surface area contributed by atoms with Crippen molar-refractivity contribution in [3.8, 4) is 5.75 Å². The van der Waals surface area contributed by atoms with Crippen molar-refractivity contribution >= 4 is 6.09 Å². The minimum Gasteiger partial charge on any atom is -0.487 e. The van der Waals surface area contributed by atoms with E-state index in [4.69, 9.17) is 9.47 Å². The van der Waals surface area contributed by atoms with Gasteiger partial charge >= 0.3 is 6.09 Å². The highest BCUT2D eigenvalue weighted by atomic mass is 16.6. The molecule has 0 fully saturated rings. The molecule has 1 aliphatic rings. The van der Waals surface area contributed by atoms with E-state index in [1.165, 1.54) is 5.56 Å². The third-order valence-electron chi connectivity index (χ3n) is 3.86. The van der Waals surface area contributed by atoms with Crippen molar-refractivity contribution in [3.63, 3.8) is 0 Å². The Bertz CT molecular complexity index is 741. The molecule has 0 aliphatic carbocycles. The highest BCUT2D eigenvalue weighted by Gasteiger charge is 2.25. The van der Waals surface area contributed by atoms with Gasteiger partial charge in [0, 0.05) is 19.3 Å². The fourth-order valence-corrected chi connectivity index (χ4v) is 2.67. The van der Waals surface area contributed by atoms with Crippen molar-refractivity contribution in [1.29, 1.82) is 0 Å². The normalized spacial score (nSPS) is 14.0. The van der Waals surface area contributed by atoms with Gasteiger partial charge in [0.05, 0.1) is 0 Å². The Kier molecular flexibility index (Phi) is 4.88. The van der Waals surface area contributed by atoms with Crippen LogP contribution >= 0.6 is 0 Å². The predicted octanol–water partition coefficient (Wildman–Crippen LogP) is 3.35. The van der Waals surface area contributed by atoms with Crippen LogP contribution in [0.4, 0.5) is 4.79 Å². The van der Waals surface area contributed by atoms with Gasteiger partial charge in [-0.1, -0.05) is 6.07 Å². The highest BCUT2D eigenvalue weighted by molar-refractivity contribution is 5.68. The van der Waals surface area contributed by atoms with Crippen LogP contribution in [0.3, 0.4) is 0 Å². The molecule has 0 saturated heterocycles. The molecule has 25 heavy (non-hydrogen) atoms. The molecule has 0 radical (unpaired) electrons. The first-order chi connectivity index (χ1) is 11.9. The van der Waals surface area contributed by atoms with Crippen molar-refractivity contribution in [2.45, 2.75) is 45.9 Å². The molecule has 0 unspecified atom stereocenters. The molecule has 0 atom stereocenters. The molecular weight excluding hydrogens is 318 g/mol. The van der Waals surface area contributed by atoms with Crippen molar-refractivity contribution in [2.24, 2.45) is 0 Å². The van der Waals surface area contributed by atoms with E-state index >= 15 is 0 Å². The van der Waals surface area contributed by atoms with Gasteiger partial charge in [-0.05, 0) is 62.6 Å². The zero-order valence-corrected chi connectivity index (χ0v) is 14.9. The molecule has 3 rings (SSSR count). The molecular formula is C19H23N3O3. The number of rotatable bonds is 3. The average molecular weight is 341 g/mol. The van der Waals surface area contributed by atoms with E-state index in [1.54, 1.807) is 11.1 Å². The Morgan fingerprint density at radius 3 is 2.80 bits per heavy atom. The van der Waals surface area contributed by atoms with Gasteiger partial charge in [0.2, 0.25) is 0 Å². The third kappa shape index (κ3) is 4.68. The molecule has 0 spiro atoms. The molecule has 2 heterocycles. The van der Waals surface area contributed by atoms with E-state index in [0.29, 0.717) is 19.7 Å². The van der Waals surface area contributed by atoms with Gasteiger partial charge in [0.15, 0.2) is 0 Å². The zero-order chi connectivity index (χ0) is 17.9. The lowest BCUT2D eigenvalue weighted by molar-refractivity contribution is 0.0223. The minimum atomic E-state index is -0.487. The monoisotopic (exact) mass is 341 g/mol. The summed E-state index contributed by atoms with van der Waals surface area (Å²) < 4.78 is 11.3. The number of fused-ring (bicyclic) bond motifs is 1. The molecule has 1 amide bonds. The fraction of sp³-hybridized carbons (Fsp3) is 0.421. The van der Waals surface area contributed by atoms with Crippen LogP contribution < -0.4 is 4.74 Å². The first-order valence-corrected chi connectivity index (χ1v) is 8.40. The van der Waals surface area contributed by atoms with Gasteiger partial charge < -0.3 is 14.4 Å². The van der Waals surface area contributed by atoms with E-state index in [9.17, 15) is 4.79 Å². The summed E-state index contributed by atoms with van der Waals surface area (Å²) in [6, 6.07) is 9.71. The van der Waals surface area contributed by atoms with Crippen LogP contribution in [0.15, 0.2) is 36.5 Å². The Hall–Kier alpha value is -2.63. The lowest BCUT2D eigenvalue weighted by atomic mass is 10.00. The minimum absolute atomic E-state index is 0.274. The molecule has 6 heteroatoms. The van der Waals surface area contributed by atoms with Gasteiger partial charge in [-0.3, -0.25) is 0 Å². The predicted molar refractivity (Wildman–Crippen MR) is 93.2 cm³/mol. The van der Waals surface area contributed by atoms with E-state index in [1.807, 2.05) is 45.0 Å². The second kappa shape index (κ2) is 7.09. The quantitative estimate of drug-likeness (QED) is 0.856. The number of amides is 1. The van der Waals surface area contributed by atoms with Crippen LogP contribution in [0.2, 0.25) is 0 Å². The summed E-state index contributed by atoms with van der Waals surface area (Å²) in [4.78, 5) is 14.0. The van der Waals surface area contributed by atoms with Crippen molar-refractivity contribution < 1.29 is 14.3 Å². The first-order valence-electron chi connectivity index (χ1n) is 8.40. The van der Waals surface area contributed by atoms with Gasteiger partial charge in [0.25, 0.3) is 0 Å². The van der Waals surface area contributed by atoms with Gasteiger partial charge in [-0.25, -0.2) is 4.79 Å². The molecule has 0 N–H and O–H groups in total. The van der Waals surface area contributed by atoms with Crippen LogP contribution in [-0.2, 0) is 24.3 Å². The number of aromatic nitrogens is 2. The van der Waals surface area contributed by atoms with E-state index in [0.717, 1.165) is 23.4 Å². The van der Waals surface area contributed by atoms with Gasteiger partial charge in [-0.2, -0.15) is 10.2 Å². The molecule has 0 saturated carbocycles. The summed E-state index contributed by atoms with van der Waals surface area (Å²) in [6.45, 7) is 7.19. The van der Waals surface area contributed by atoms with Crippen molar-refractivity contribution in [2.75, 3.05) is 6.54 Å². The largest absolute Gasteiger partial charge is 0.487 e.